The maximum atomic E-state index is 6.13. The van der Waals surface area contributed by atoms with Gasteiger partial charge < -0.3 is 10.3 Å². The molecule has 1 atom stereocenters. The Kier molecular flexibility index (Phi) is 4.02. The normalized spacial score (nSPS) is 12.2. The van der Waals surface area contributed by atoms with Crippen LogP contribution in [-0.2, 0) is 12.8 Å². The van der Waals surface area contributed by atoms with Crippen molar-refractivity contribution in [1.82, 2.24) is 15.1 Å². The number of hydrogen-bond acceptors (Lipinski definition) is 5. The zero-order valence-corrected chi connectivity index (χ0v) is 11.5. The Morgan fingerprint density at radius 2 is 1.76 bits per heavy atom. The SMILES string of the molecule is NC(Cc1ccccc1)c1nc(Cc2ccncc2)no1. The van der Waals surface area contributed by atoms with E-state index in [1.54, 1.807) is 12.4 Å². The number of rotatable bonds is 5. The highest BCUT2D eigenvalue weighted by molar-refractivity contribution is 5.18. The van der Waals surface area contributed by atoms with Crippen molar-refractivity contribution in [2.45, 2.75) is 18.9 Å². The van der Waals surface area contributed by atoms with Crippen molar-refractivity contribution in [1.29, 1.82) is 0 Å². The predicted molar refractivity (Wildman–Crippen MR) is 78.4 cm³/mol. The van der Waals surface area contributed by atoms with Gasteiger partial charge in [-0.2, -0.15) is 4.98 Å². The van der Waals surface area contributed by atoms with Gasteiger partial charge in [-0.15, -0.1) is 0 Å². The summed E-state index contributed by atoms with van der Waals surface area (Å²) < 4.78 is 5.27. The van der Waals surface area contributed by atoms with Gasteiger partial charge in [0.15, 0.2) is 5.82 Å². The van der Waals surface area contributed by atoms with Crippen LogP contribution in [0, 0.1) is 0 Å². The van der Waals surface area contributed by atoms with Gasteiger partial charge in [-0.3, -0.25) is 4.98 Å². The molecule has 106 valence electrons. The molecule has 0 saturated carbocycles. The molecule has 0 saturated heterocycles. The summed E-state index contributed by atoms with van der Waals surface area (Å²) in [6.07, 6.45) is 4.79. The molecule has 0 aliphatic carbocycles. The van der Waals surface area contributed by atoms with Gasteiger partial charge in [0.25, 0.3) is 0 Å². The standard InChI is InChI=1S/C16H16N4O/c17-14(10-12-4-2-1-3-5-12)16-19-15(20-21-16)11-13-6-8-18-9-7-13/h1-9,14H,10-11,17H2. The van der Waals surface area contributed by atoms with E-state index in [0.29, 0.717) is 24.6 Å². The number of pyridine rings is 1. The van der Waals surface area contributed by atoms with Gasteiger partial charge in [-0.05, 0) is 29.7 Å². The summed E-state index contributed by atoms with van der Waals surface area (Å²) in [6.45, 7) is 0. The average Bonchev–Trinajstić information content (AvgIpc) is 2.98. The first-order valence-corrected chi connectivity index (χ1v) is 6.82. The fourth-order valence-electron chi connectivity index (χ4n) is 2.13. The molecule has 2 heterocycles. The number of hydrogen-bond donors (Lipinski definition) is 1. The first kappa shape index (κ1) is 13.5. The van der Waals surface area contributed by atoms with E-state index in [0.717, 1.165) is 11.1 Å². The van der Waals surface area contributed by atoms with Crippen molar-refractivity contribution in [3.63, 3.8) is 0 Å². The minimum absolute atomic E-state index is 0.286. The van der Waals surface area contributed by atoms with Gasteiger partial charge >= 0.3 is 0 Å². The molecule has 3 rings (SSSR count). The lowest BCUT2D eigenvalue weighted by atomic mass is 10.1. The quantitative estimate of drug-likeness (QED) is 0.776. The highest BCUT2D eigenvalue weighted by Crippen LogP contribution is 2.15. The van der Waals surface area contributed by atoms with Crippen LogP contribution >= 0.6 is 0 Å². The maximum absolute atomic E-state index is 6.13. The molecule has 1 unspecified atom stereocenters. The third-order valence-corrected chi connectivity index (χ3v) is 3.21. The van der Waals surface area contributed by atoms with Gasteiger partial charge in [-0.1, -0.05) is 35.5 Å². The molecule has 3 aromatic rings. The predicted octanol–water partition coefficient (Wildman–Crippen LogP) is 2.30. The molecule has 2 aromatic heterocycles. The Morgan fingerprint density at radius 3 is 2.52 bits per heavy atom. The van der Waals surface area contributed by atoms with Gasteiger partial charge in [0.1, 0.15) is 0 Å². The summed E-state index contributed by atoms with van der Waals surface area (Å²) >= 11 is 0. The number of benzene rings is 1. The lowest BCUT2D eigenvalue weighted by Gasteiger charge is -2.05. The van der Waals surface area contributed by atoms with Crippen LogP contribution in [0.3, 0.4) is 0 Å². The summed E-state index contributed by atoms with van der Waals surface area (Å²) in [5.74, 6) is 1.11. The Labute approximate surface area is 122 Å². The van der Waals surface area contributed by atoms with Crippen LogP contribution in [0.1, 0.15) is 28.9 Å². The molecule has 2 N–H and O–H groups in total. The molecule has 0 amide bonds. The molecule has 0 bridgehead atoms. The zero-order chi connectivity index (χ0) is 14.5. The van der Waals surface area contributed by atoms with Crippen LogP contribution in [0.15, 0.2) is 59.4 Å². The largest absolute Gasteiger partial charge is 0.338 e. The van der Waals surface area contributed by atoms with E-state index < -0.39 is 0 Å². The fourth-order valence-corrected chi connectivity index (χ4v) is 2.13. The highest BCUT2D eigenvalue weighted by Gasteiger charge is 2.15. The minimum atomic E-state index is -0.286. The molecule has 21 heavy (non-hydrogen) atoms. The van der Waals surface area contributed by atoms with Crippen LogP contribution in [0.4, 0.5) is 0 Å². The average molecular weight is 280 g/mol. The second kappa shape index (κ2) is 6.28. The second-order valence-electron chi connectivity index (χ2n) is 4.88. The lowest BCUT2D eigenvalue weighted by molar-refractivity contribution is 0.350. The third kappa shape index (κ3) is 3.52. The van der Waals surface area contributed by atoms with Crippen LogP contribution in [0.25, 0.3) is 0 Å². The molecule has 5 nitrogen and oxygen atoms in total. The smallest absolute Gasteiger partial charge is 0.243 e. The van der Waals surface area contributed by atoms with Crippen molar-refractivity contribution >= 4 is 0 Å². The monoisotopic (exact) mass is 280 g/mol. The van der Waals surface area contributed by atoms with Crippen LogP contribution in [-0.4, -0.2) is 15.1 Å². The summed E-state index contributed by atoms with van der Waals surface area (Å²) in [5, 5.41) is 3.99. The number of nitrogens with two attached hydrogens (primary N) is 1. The molecule has 0 fully saturated rings. The minimum Gasteiger partial charge on any atom is -0.338 e. The van der Waals surface area contributed by atoms with E-state index in [4.69, 9.17) is 10.3 Å². The van der Waals surface area contributed by atoms with E-state index in [1.165, 1.54) is 0 Å². The van der Waals surface area contributed by atoms with Crippen molar-refractivity contribution in [3.8, 4) is 0 Å². The number of aromatic nitrogens is 3. The molecular formula is C16H16N4O. The third-order valence-electron chi connectivity index (χ3n) is 3.21. The molecule has 0 radical (unpaired) electrons. The summed E-state index contributed by atoms with van der Waals surface area (Å²) in [7, 11) is 0. The second-order valence-corrected chi connectivity index (χ2v) is 4.88. The molecule has 0 spiro atoms. The summed E-state index contributed by atoms with van der Waals surface area (Å²) in [6, 6.07) is 13.6. The molecular weight excluding hydrogens is 264 g/mol. The molecule has 5 heteroatoms. The van der Waals surface area contributed by atoms with E-state index in [9.17, 15) is 0 Å². The first-order chi connectivity index (χ1) is 10.3. The van der Waals surface area contributed by atoms with Gasteiger partial charge in [0.05, 0.1) is 6.04 Å². The summed E-state index contributed by atoms with van der Waals surface area (Å²) in [4.78, 5) is 8.36. The van der Waals surface area contributed by atoms with Crippen LogP contribution < -0.4 is 5.73 Å². The topological polar surface area (TPSA) is 77.8 Å². The van der Waals surface area contributed by atoms with Crippen molar-refractivity contribution in [2.24, 2.45) is 5.73 Å². The van der Waals surface area contributed by atoms with Crippen molar-refractivity contribution in [2.75, 3.05) is 0 Å². The first-order valence-electron chi connectivity index (χ1n) is 6.82. The van der Waals surface area contributed by atoms with E-state index in [1.807, 2.05) is 42.5 Å². The van der Waals surface area contributed by atoms with Crippen LogP contribution in [0.5, 0.6) is 0 Å². The molecule has 1 aromatic carbocycles. The van der Waals surface area contributed by atoms with E-state index in [2.05, 4.69) is 15.1 Å². The fraction of sp³-hybridized carbons (Fsp3) is 0.188. The Balaban J connectivity index is 1.67. The Morgan fingerprint density at radius 1 is 1.00 bits per heavy atom. The van der Waals surface area contributed by atoms with Crippen LogP contribution in [0.2, 0.25) is 0 Å². The number of nitrogens with zero attached hydrogens (tertiary/aromatic N) is 3. The van der Waals surface area contributed by atoms with Gasteiger partial charge in [0, 0.05) is 18.8 Å². The van der Waals surface area contributed by atoms with Crippen molar-refractivity contribution < 1.29 is 4.52 Å². The Bertz CT molecular complexity index is 682. The van der Waals surface area contributed by atoms with Gasteiger partial charge in [-0.25, -0.2) is 0 Å². The molecule has 0 aliphatic rings. The van der Waals surface area contributed by atoms with Gasteiger partial charge in [0.2, 0.25) is 5.89 Å². The highest BCUT2D eigenvalue weighted by atomic mass is 16.5. The zero-order valence-electron chi connectivity index (χ0n) is 11.5. The maximum Gasteiger partial charge on any atom is 0.243 e. The Hall–Kier alpha value is -2.53. The molecule has 0 aliphatic heterocycles. The van der Waals surface area contributed by atoms with E-state index in [-0.39, 0.29) is 6.04 Å². The van der Waals surface area contributed by atoms with E-state index >= 15 is 0 Å². The summed E-state index contributed by atoms with van der Waals surface area (Å²) in [5.41, 5.74) is 8.37. The van der Waals surface area contributed by atoms with Crippen molar-refractivity contribution in [3.05, 3.63) is 77.7 Å². The lowest BCUT2D eigenvalue weighted by Crippen LogP contribution is -2.13.